The van der Waals surface area contributed by atoms with Gasteiger partial charge in [0.1, 0.15) is 0 Å². The first-order chi connectivity index (χ1) is 10.0. The molecule has 116 valence electrons. The molecule has 4 rings (SSSR count). The lowest BCUT2D eigenvalue weighted by molar-refractivity contribution is -0.189. The summed E-state index contributed by atoms with van der Waals surface area (Å²) in [6.45, 7) is 6.47. The summed E-state index contributed by atoms with van der Waals surface area (Å²) in [4.78, 5) is 12.7. The van der Waals surface area contributed by atoms with Crippen molar-refractivity contribution in [2.24, 2.45) is 40.9 Å². The van der Waals surface area contributed by atoms with E-state index < -0.39 is 6.29 Å². The number of rotatable bonds is 4. The number of carbonyl (C=O) groups is 1. The second-order valence-electron chi connectivity index (χ2n) is 7.76. The summed E-state index contributed by atoms with van der Waals surface area (Å²) in [6.07, 6.45) is 8.03. The van der Waals surface area contributed by atoms with Crippen LogP contribution in [-0.2, 0) is 14.3 Å². The van der Waals surface area contributed by atoms with Gasteiger partial charge in [-0.1, -0.05) is 12.2 Å². The van der Waals surface area contributed by atoms with Gasteiger partial charge in [-0.05, 0) is 75.5 Å². The Morgan fingerprint density at radius 2 is 2.00 bits per heavy atom. The maximum atomic E-state index is 12.7. The highest BCUT2D eigenvalue weighted by atomic mass is 16.7. The zero-order valence-corrected chi connectivity index (χ0v) is 13.2. The van der Waals surface area contributed by atoms with Crippen molar-refractivity contribution in [1.82, 2.24) is 0 Å². The van der Waals surface area contributed by atoms with Gasteiger partial charge in [0.15, 0.2) is 6.29 Å². The molecular formula is C18H26O3. The highest BCUT2D eigenvalue weighted by molar-refractivity contribution is 5.78. The van der Waals surface area contributed by atoms with Gasteiger partial charge in [0.2, 0.25) is 0 Å². The molecule has 8 atom stereocenters. The van der Waals surface area contributed by atoms with E-state index in [1.165, 1.54) is 12.8 Å². The molecule has 0 aromatic heterocycles. The van der Waals surface area contributed by atoms with Gasteiger partial charge in [-0.2, -0.15) is 0 Å². The maximum Gasteiger partial charge on any atom is 0.314 e. The van der Waals surface area contributed by atoms with Crippen LogP contribution in [0.5, 0.6) is 0 Å². The first-order valence-corrected chi connectivity index (χ1v) is 8.55. The monoisotopic (exact) mass is 290 g/mol. The van der Waals surface area contributed by atoms with Crippen LogP contribution >= 0.6 is 0 Å². The predicted octanol–water partition coefficient (Wildman–Crippen LogP) is 3.40. The van der Waals surface area contributed by atoms with Crippen molar-refractivity contribution in [2.45, 2.75) is 46.3 Å². The minimum atomic E-state index is -0.422. The Kier molecular flexibility index (Phi) is 3.01. The first-order valence-electron chi connectivity index (χ1n) is 8.55. The van der Waals surface area contributed by atoms with E-state index in [0.29, 0.717) is 12.5 Å². The fourth-order valence-corrected chi connectivity index (χ4v) is 6.16. The molecule has 8 unspecified atom stereocenters. The molecule has 0 N–H and O–H groups in total. The molecule has 0 aromatic carbocycles. The van der Waals surface area contributed by atoms with Crippen molar-refractivity contribution >= 4 is 5.97 Å². The highest BCUT2D eigenvalue weighted by Crippen LogP contribution is 2.70. The van der Waals surface area contributed by atoms with Crippen molar-refractivity contribution in [1.29, 1.82) is 0 Å². The second kappa shape index (κ2) is 4.58. The molecule has 0 aliphatic heterocycles. The van der Waals surface area contributed by atoms with E-state index in [-0.39, 0.29) is 11.4 Å². The molecule has 21 heavy (non-hydrogen) atoms. The van der Waals surface area contributed by atoms with Crippen LogP contribution in [0.4, 0.5) is 0 Å². The number of esters is 1. The van der Waals surface area contributed by atoms with Gasteiger partial charge in [-0.3, -0.25) is 4.79 Å². The van der Waals surface area contributed by atoms with E-state index in [2.05, 4.69) is 19.1 Å². The largest absolute Gasteiger partial charge is 0.436 e. The van der Waals surface area contributed by atoms with E-state index in [0.717, 1.165) is 36.0 Å². The fourth-order valence-electron chi connectivity index (χ4n) is 6.16. The standard InChI is InChI=1S/C18H26O3/c1-4-20-10(2)21-17(19)18(3)9-13-8-14(18)16-12-6-5-11(7-12)15(13)16/h5-6,10-16H,4,7-9H2,1-3H3. The number of hydrogen-bond donors (Lipinski definition) is 0. The molecule has 4 bridgehead atoms. The molecule has 0 spiro atoms. The smallest absolute Gasteiger partial charge is 0.314 e. The average Bonchev–Trinajstić information content (AvgIpc) is 3.16. The predicted molar refractivity (Wildman–Crippen MR) is 79.2 cm³/mol. The Morgan fingerprint density at radius 1 is 1.29 bits per heavy atom. The number of fused-ring (bicyclic) bond motifs is 9. The Hall–Kier alpha value is -0.830. The van der Waals surface area contributed by atoms with E-state index in [1.807, 2.05) is 13.8 Å². The van der Waals surface area contributed by atoms with Crippen LogP contribution < -0.4 is 0 Å². The van der Waals surface area contributed by atoms with Crippen LogP contribution in [-0.4, -0.2) is 18.9 Å². The van der Waals surface area contributed by atoms with Crippen LogP contribution in [0.1, 0.15) is 40.0 Å². The van der Waals surface area contributed by atoms with Gasteiger partial charge in [-0.25, -0.2) is 0 Å². The summed E-state index contributed by atoms with van der Waals surface area (Å²) < 4.78 is 11.0. The summed E-state index contributed by atoms with van der Waals surface area (Å²) >= 11 is 0. The van der Waals surface area contributed by atoms with Crippen molar-refractivity contribution in [3.05, 3.63) is 12.2 Å². The fraction of sp³-hybridized carbons (Fsp3) is 0.833. The van der Waals surface area contributed by atoms with Crippen LogP contribution in [0.2, 0.25) is 0 Å². The topological polar surface area (TPSA) is 35.5 Å². The van der Waals surface area contributed by atoms with Crippen LogP contribution in [0.3, 0.4) is 0 Å². The van der Waals surface area contributed by atoms with Crippen molar-refractivity contribution in [2.75, 3.05) is 6.61 Å². The third-order valence-electron chi connectivity index (χ3n) is 6.79. The van der Waals surface area contributed by atoms with Gasteiger partial charge in [0, 0.05) is 6.61 Å². The maximum absolute atomic E-state index is 12.7. The Morgan fingerprint density at radius 3 is 2.71 bits per heavy atom. The lowest BCUT2D eigenvalue weighted by Gasteiger charge is -2.42. The normalized spacial score (nSPS) is 50.4. The summed E-state index contributed by atoms with van der Waals surface area (Å²) in [5.74, 6) is 4.35. The van der Waals surface area contributed by atoms with Crippen molar-refractivity contribution < 1.29 is 14.3 Å². The summed E-state index contributed by atoms with van der Waals surface area (Å²) in [5, 5.41) is 0. The summed E-state index contributed by atoms with van der Waals surface area (Å²) in [6, 6.07) is 0. The molecule has 0 amide bonds. The minimum Gasteiger partial charge on any atom is -0.436 e. The van der Waals surface area contributed by atoms with Crippen LogP contribution in [0, 0.1) is 40.9 Å². The second-order valence-corrected chi connectivity index (χ2v) is 7.76. The molecule has 0 radical (unpaired) electrons. The number of hydrogen-bond acceptors (Lipinski definition) is 3. The van der Waals surface area contributed by atoms with Crippen molar-refractivity contribution in [3.63, 3.8) is 0 Å². The highest BCUT2D eigenvalue weighted by Gasteiger charge is 2.67. The summed E-state index contributed by atoms with van der Waals surface area (Å²) in [5.41, 5.74) is -0.282. The molecule has 3 saturated carbocycles. The van der Waals surface area contributed by atoms with E-state index in [1.54, 1.807) is 0 Å². The third-order valence-corrected chi connectivity index (χ3v) is 6.79. The quantitative estimate of drug-likeness (QED) is 0.344. The minimum absolute atomic E-state index is 0.0267. The van der Waals surface area contributed by atoms with Gasteiger partial charge < -0.3 is 9.47 Å². The molecule has 0 saturated heterocycles. The molecular weight excluding hydrogens is 264 g/mol. The first kappa shape index (κ1) is 13.8. The van der Waals surface area contributed by atoms with E-state index in [9.17, 15) is 4.79 Å². The lowest BCUT2D eigenvalue weighted by atomic mass is 9.63. The number of carbonyl (C=O) groups excluding carboxylic acids is 1. The molecule has 4 aliphatic rings. The molecule has 0 aromatic rings. The molecule has 3 nitrogen and oxygen atoms in total. The van der Waals surface area contributed by atoms with Crippen LogP contribution in [0.15, 0.2) is 12.2 Å². The van der Waals surface area contributed by atoms with E-state index in [4.69, 9.17) is 9.47 Å². The zero-order chi connectivity index (χ0) is 14.8. The van der Waals surface area contributed by atoms with Gasteiger partial charge in [0.05, 0.1) is 5.41 Å². The molecule has 4 aliphatic carbocycles. The van der Waals surface area contributed by atoms with Gasteiger partial charge >= 0.3 is 5.97 Å². The van der Waals surface area contributed by atoms with Crippen molar-refractivity contribution in [3.8, 4) is 0 Å². The van der Waals surface area contributed by atoms with E-state index >= 15 is 0 Å². The number of allylic oxidation sites excluding steroid dienone is 2. The molecule has 3 heteroatoms. The third kappa shape index (κ3) is 1.79. The SMILES string of the molecule is CCOC(C)OC(=O)C1(C)CC2CC1C1C3C=CC(C3)C21. The summed E-state index contributed by atoms with van der Waals surface area (Å²) in [7, 11) is 0. The Labute approximate surface area is 127 Å². The average molecular weight is 290 g/mol. The van der Waals surface area contributed by atoms with Crippen LogP contribution in [0.25, 0.3) is 0 Å². The molecule has 0 heterocycles. The molecule has 3 fully saturated rings. The lowest BCUT2D eigenvalue weighted by Crippen LogP contribution is -2.44. The van der Waals surface area contributed by atoms with Gasteiger partial charge in [0.25, 0.3) is 0 Å². The number of ether oxygens (including phenoxy) is 2. The van der Waals surface area contributed by atoms with Gasteiger partial charge in [-0.15, -0.1) is 0 Å². The Balaban J connectivity index is 1.52. The zero-order valence-electron chi connectivity index (χ0n) is 13.2. The Bertz CT molecular complexity index is 485.